The molecule has 0 aliphatic carbocycles. The van der Waals surface area contributed by atoms with Crippen LogP contribution in [0.25, 0.3) is 0 Å². The summed E-state index contributed by atoms with van der Waals surface area (Å²) in [5, 5.41) is 21.6. The van der Waals surface area contributed by atoms with E-state index in [0.29, 0.717) is 6.42 Å². The molecule has 1 aliphatic rings. The van der Waals surface area contributed by atoms with E-state index in [1.807, 2.05) is 91.0 Å². The fraction of sp³-hybridized carbons (Fsp3) is 0.333. The lowest BCUT2D eigenvalue weighted by Gasteiger charge is -2.30. The van der Waals surface area contributed by atoms with Crippen molar-refractivity contribution in [3.05, 3.63) is 108 Å². The second kappa shape index (κ2) is 11.7. The van der Waals surface area contributed by atoms with E-state index in [1.54, 1.807) is 0 Å². The lowest BCUT2D eigenvalue weighted by atomic mass is 9.97. The van der Waals surface area contributed by atoms with Gasteiger partial charge >= 0.3 is 0 Å². The van der Waals surface area contributed by atoms with E-state index < -0.39 is 40.5 Å². The summed E-state index contributed by atoms with van der Waals surface area (Å²) in [6, 6.07) is 29.0. The van der Waals surface area contributed by atoms with Crippen LogP contribution in [0.15, 0.2) is 91.0 Å². The third-order valence-electron chi connectivity index (χ3n) is 5.97. The summed E-state index contributed by atoms with van der Waals surface area (Å²) in [5.41, 5.74) is 2.91. The minimum Gasteiger partial charge on any atom is -0.388 e. The first-order chi connectivity index (χ1) is 16.1. The van der Waals surface area contributed by atoms with E-state index in [4.69, 9.17) is 9.47 Å². The molecular formula is C27H30O5S. The van der Waals surface area contributed by atoms with Crippen LogP contribution in [-0.4, -0.2) is 49.8 Å². The first-order valence-electron chi connectivity index (χ1n) is 11.2. The Morgan fingerprint density at radius 2 is 1.18 bits per heavy atom. The van der Waals surface area contributed by atoms with Gasteiger partial charge in [0.1, 0.15) is 18.3 Å². The molecule has 0 bridgehead atoms. The smallest absolute Gasteiger partial charge is 0.110 e. The van der Waals surface area contributed by atoms with E-state index in [1.165, 1.54) is 0 Å². The summed E-state index contributed by atoms with van der Waals surface area (Å²) in [6.45, 7) is 0.526. The molecule has 4 rings (SSSR count). The van der Waals surface area contributed by atoms with Crippen LogP contribution in [0.5, 0.6) is 0 Å². The maximum absolute atomic E-state index is 13.5. The molecule has 174 valence electrons. The van der Waals surface area contributed by atoms with Gasteiger partial charge in [0.2, 0.25) is 0 Å². The van der Waals surface area contributed by atoms with Crippen LogP contribution in [0.3, 0.4) is 0 Å². The van der Waals surface area contributed by atoms with Crippen molar-refractivity contribution >= 4 is 10.8 Å². The number of hydrogen-bond acceptors (Lipinski definition) is 5. The maximum Gasteiger partial charge on any atom is 0.110 e. The normalized spacial score (nSPS) is 27.7. The van der Waals surface area contributed by atoms with Crippen LogP contribution in [-0.2, 0) is 39.9 Å². The third kappa shape index (κ3) is 6.37. The fourth-order valence-corrected chi connectivity index (χ4v) is 5.90. The quantitative estimate of drug-likeness (QED) is 0.533. The average Bonchev–Trinajstić information content (AvgIpc) is 2.94. The van der Waals surface area contributed by atoms with Crippen LogP contribution in [0.4, 0.5) is 0 Å². The molecule has 0 saturated carbocycles. The van der Waals surface area contributed by atoms with Gasteiger partial charge in [0.15, 0.2) is 0 Å². The molecule has 0 aromatic heterocycles. The largest absolute Gasteiger partial charge is 0.388 e. The molecule has 0 amide bonds. The fourth-order valence-electron chi connectivity index (χ4n) is 4.12. The Morgan fingerprint density at radius 1 is 0.697 bits per heavy atom. The van der Waals surface area contributed by atoms with Gasteiger partial charge < -0.3 is 19.7 Å². The highest BCUT2D eigenvalue weighted by Gasteiger charge is 2.45. The van der Waals surface area contributed by atoms with Crippen LogP contribution in [0, 0.1) is 0 Å². The van der Waals surface area contributed by atoms with Crippen molar-refractivity contribution in [3.8, 4) is 0 Å². The zero-order chi connectivity index (χ0) is 23.0. The predicted octanol–water partition coefficient (Wildman–Crippen LogP) is 3.25. The maximum atomic E-state index is 13.5. The molecule has 1 unspecified atom stereocenters. The predicted molar refractivity (Wildman–Crippen MR) is 129 cm³/mol. The Kier molecular flexibility index (Phi) is 8.42. The lowest BCUT2D eigenvalue weighted by molar-refractivity contribution is -0.134. The Labute approximate surface area is 197 Å². The molecule has 1 heterocycles. The van der Waals surface area contributed by atoms with Gasteiger partial charge in [-0.1, -0.05) is 91.0 Å². The monoisotopic (exact) mass is 466 g/mol. The number of hydrogen-bond donors (Lipinski definition) is 2. The molecule has 6 heteroatoms. The summed E-state index contributed by atoms with van der Waals surface area (Å²) in [4.78, 5) is 0. The van der Waals surface area contributed by atoms with Crippen LogP contribution in [0.1, 0.15) is 16.7 Å². The number of aliphatic hydroxyl groups excluding tert-OH is 2. The minimum atomic E-state index is -1.38. The third-order valence-corrected chi connectivity index (χ3v) is 7.74. The minimum absolute atomic E-state index is 0.133. The molecule has 0 radical (unpaired) electrons. The molecule has 2 N–H and O–H groups in total. The second-order valence-corrected chi connectivity index (χ2v) is 10.1. The molecule has 5 nitrogen and oxygen atoms in total. The van der Waals surface area contributed by atoms with Gasteiger partial charge in [-0.2, -0.15) is 0 Å². The van der Waals surface area contributed by atoms with Crippen molar-refractivity contribution in [1.29, 1.82) is 0 Å². The van der Waals surface area contributed by atoms with Crippen LogP contribution >= 0.6 is 0 Å². The topological polar surface area (TPSA) is 76.0 Å². The van der Waals surface area contributed by atoms with Crippen molar-refractivity contribution in [2.24, 2.45) is 0 Å². The van der Waals surface area contributed by atoms with E-state index >= 15 is 0 Å². The number of benzene rings is 3. The molecule has 0 spiro atoms. The van der Waals surface area contributed by atoms with Gasteiger partial charge in [0.25, 0.3) is 0 Å². The number of ether oxygens (including phenoxy) is 2. The highest BCUT2D eigenvalue weighted by Crippen LogP contribution is 2.27. The van der Waals surface area contributed by atoms with Crippen molar-refractivity contribution < 1.29 is 23.9 Å². The van der Waals surface area contributed by atoms with E-state index in [9.17, 15) is 14.4 Å². The average molecular weight is 467 g/mol. The van der Waals surface area contributed by atoms with Gasteiger partial charge in [-0.3, -0.25) is 4.21 Å². The zero-order valence-electron chi connectivity index (χ0n) is 18.4. The molecule has 1 aliphatic heterocycles. The number of rotatable bonds is 8. The summed E-state index contributed by atoms with van der Waals surface area (Å²) >= 11 is 0. The molecule has 1 saturated heterocycles. The molecule has 1 fully saturated rings. The highest BCUT2D eigenvalue weighted by molar-refractivity contribution is 7.85. The van der Waals surface area contributed by atoms with Gasteiger partial charge in [-0.15, -0.1) is 0 Å². The molecular weight excluding hydrogens is 436 g/mol. The standard InChI is InChI=1S/C27H30O5S/c28-25-23(31-17-21-12-6-2-7-13-21)19-33(30)24(16-20-10-4-1-5-11-20)27(26(25)29)32-18-22-14-8-3-9-15-22/h1-15,23-29H,16-19H2/t23-,24+,25-,26+,27-,33?/m0/s1. The van der Waals surface area contributed by atoms with E-state index in [0.717, 1.165) is 16.7 Å². The van der Waals surface area contributed by atoms with Crippen molar-refractivity contribution in [1.82, 2.24) is 0 Å². The van der Waals surface area contributed by atoms with Crippen LogP contribution < -0.4 is 0 Å². The molecule has 3 aromatic rings. The summed E-state index contributed by atoms with van der Waals surface area (Å²) in [6.07, 6.45) is -3.52. The summed E-state index contributed by atoms with van der Waals surface area (Å²) < 4.78 is 25.6. The summed E-state index contributed by atoms with van der Waals surface area (Å²) in [7, 11) is -1.38. The Morgan fingerprint density at radius 3 is 1.73 bits per heavy atom. The number of aliphatic hydroxyl groups is 2. The lowest BCUT2D eigenvalue weighted by Crippen LogP contribution is -2.48. The van der Waals surface area contributed by atoms with Crippen molar-refractivity contribution in [2.75, 3.05) is 5.75 Å². The molecule has 33 heavy (non-hydrogen) atoms. The van der Waals surface area contributed by atoms with Gasteiger partial charge in [0.05, 0.1) is 30.3 Å². The second-order valence-electron chi connectivity index (χ2n) is 8.35. The van der Waals surface area contributed by atoms with Gasteiger partial charge in [-0.05, 0) is 23.1 Å². The van der Waals surface area contributed by atoms with Crippen LogP contribution in [0.2, 0.25) is 0 Å². The Balaban J connectivity index is 1.54. The first-order valence-corrected chi connectivity index (χ1v) is 12.6. The Hall–Kier alpha value is -2.35. The Bertz CT molecular complexity index is 999. The SMILES string of the molecule is O=S1C[C@H](OCc2ccccc2)[C@H](O)[C@@H](O)[C@@H](OCc2ccccc2)[C@H]1Cc1ccccc1. The van der Waals surface area contributed by atoms with Crippen molar-refractivity contribution in [2.45, 2.75) is 49.3 Å². The zero-order valence-corrected chi connectivity index (χ0v) is 19.2. The molecule has 3 aromatic carbocycles. The van der Waals surface area contributed by atoms with Gasteiger partial charge in [-0.25, -0.2) is 0 Å². The van der Waals surface area contributed by atoms with Crippen molar-refractivity contribution in [3.63, 3.8) is 0 Å². The summed E-state index contributed by atoms with van der Waals surface area (Å²) in [5.74, 6) is 0.133. The molecule has 6 atom stereocenters. The highest BCUT2D eigenvalue weighted by atomic mass is 32.2. The first kappa shape index (κ1) is 23.8. The van der Waals surface area contributed by atoms with E-state index in [2.05, 4.69) is 0 Å². The van der Waals surface area contributed by atoms with E-state index in [-0.39, 0.29) is 19.0 Å². The van der Waals surface area contributed by atoms with Gasteiger partial charge in [0, 0.05) is 10.8 Å².